The van der Waals surface area contributed by atoms with Crippen LogP contribution in [0, 0.1) is 0 Å². The van der Waals surface area contributed by atoms with Gasteiger partial charge in [-0.15, -0.1) is 0 Å². The van der Waals surface area contributed by atoms with Crippen LogP contribution in [0.3, 0.4) is 0 Å². The molecule has 2 aromatic carbocycles. The lowest BCUT2D eigenvalue weighted by atomic mass is 10.2. The molecule has 0 atom stereocenters. The molecular formula is C21H24BrN3O3S2. The van der Waals surface area contributed by atoms with Crippen LogP contribution in [0.25, 0.3) is 10.2 Å². The summed E-state index contributed by atoms with van der Waals surface area (Å²) in [4.78, 5) is 21.9. The van der Waals surface area contributed by atoms with Gasteiger partial charge in [0.2, 0.25) is 0 Å². The maximum absolute atomic E-state index is 13.4. The average molecular weight is 510 g/mol. The first-order valence-electron chi connectivity index (χ1n) is 9.57. The predicted octanol–water partition coefficient (Wildman–Crippen LogP) is 4.45. The van der Waals surface area contributed by atoms with Crippen LogP contribution in [0.4, 0.5) is 5.13 Å². The Hall–Kier alpha value is -1.81. The molecule has 0 aliphatic carbocycles. The summed E-state index contributed by atoms with van der Waals surface area (Å²) in [5.74, 6) is -0.260. The molecule has 0 unspecified atom stereocenters. The van der Waals surface area contributed by atoms with Crippen molar-refractivity contribution in [2.24, 2.45) is 0 Å². The van der Waals surface area contributed by atoms with E-state index >= 15 is 0 Å². The number of amides is 1. The van der Waals surface area contributed by atoms with E-state index in [-0.39, 0.29) is 16.6 Å². The van der Waals surface area contributed by atoms with Gasteiger partial charge < -0.3 is 4.90 Å². The van der Waals surface area contributed by atoms with Gasteiger partial charge in [-0.25, -0.2) is 13.4 Å². The summed E-state index contributed by atoms with van der Waals surface area (Å²) in [6, 6.07) is 12.1. The Morgan fingerprint density at radius 2 is 1.90 bits per heavy atom. The molecule has 0 fully saturated rings. The van der Waals surface area contributed by atoms with Crippen molar-refractivity contribution >= 4 is 58.4 Å². The summed E-state index contributed by atoms with van der Waals surface area (Å²) in [6.45, 7) is 2.91. The predicted molar refractivity (Wildman–Crippen MR) is 126 cm³/mol. The third kappa shape index (κ3) is 5.26. The molecule has 0 aliphatic heterocycles. The second-order valence-corrected chi connectivity index (χ2v) is 11.4. The zero-order chi connectivity index (χ0) is 21.9. The molecule has 0 N–H and O–H groups in total. The number of halogens is 1. The maximum atomic E-state index is 13.4. The molecule has 0 spiro atoms. The monoisotopic (exact) mass is 509 g/mol. The number of thiazole rings is 1. The Kier molecular flexibility index (Phi) is 7.28. The molecule has 0 bridgehead atoms. The van der Waals surface area contributed by atoms with Crippen LogP contribution in [-0.2, 0) is 9.84 Å². The number of anilines is 1. The fourth-order valence-corrected chi connectivity index (χ4v) is 5.44. The second kappa shape index (κ2) is 9.55. The Labute approximate surface area is 189 Å². The molecule has 1 amide bonds. The lowest BCUT2D eigenvalue weighted by molar-refractivity contribution is 0.0986. The normalized spacial score (nSPS) is 11.9. The molecule has 1 aromatic heterocycles. The molecule has 0 saturated carbocycles. The number of nitrogens with zero attached hydrogens (tertiary/aromatic N) is 3. The van der Waals surface area contributed by atoms with Gasteiger partial charge in [0.05, 0.1) is 20.9 Å². The van der Waals surface area contributed by atoms with Gasteiger partial charge in [0, 0.05) is 16.6 Å². The van der Waals surface area contributed by atoms with Gasteiger partial charge in [-0.3, -0.25) is 9.69 Å². The van der Waals surface area contributed by atoms with Crippen LogP contribution in [0.2, 0.25) is 0 Å². The van der Waals surface area contributed by atoms with Crippen molar-refractivity contribution in [2.45, 2.75) is 18.2 Å². The van der Waals surface area contributed by atoms with E-state index in [9.17, 15) is 13.2 Å². The van der Waals surface area contributed by atoms with Crippen LogP contribution in [0.5, 0.6) is 0 Å². The van der Waals surface area contributed by atoms with E-state index in [1.807, 2.05) is 32.3 Å². The van der Waals surface area contributed by atoms with Gasteiger partial charge in [0.25, 0.3) is 5.91 Å². The lowest BCUT2D eigenvalue weighted by Gasteiger charge is -2.21. The molecule has 0 saturated heterocycles. The van der Waals surface area contributed by atoms with E-state index < -0.39 is 9.84 Å². The third-order valence-corrected chi connectivity index (χ3v) is 7.89. The van der Waals surface area contributed by atoms with Gasteiger partial charge in [-0.05, 0) is 63.5 Å². The number of carbonyl (C=O) groups excluding carboxylic acids is 1. The van der Waals surface area contributed by atoms with Gasteiger partial charge in [0.1, 0.15) is 0 Å². The molecule has 3 rings (SSSR count). The summed E-state index contributed by atoms with van der Waals surface area (Å²) in [5, 5.41) is 0.607. The number of fused-ring (bicyclic) bond motifs is 1. The molecule has 6 nitrogen and oxygen atoms in total. The van der Waals surface area contributed by atoms with Crippen LogP contribution in [0.1, 0.15) is 23.7 Å². The van der Waals surface area contributed by atoms with E-state index in [0.29, 0.717) is 17.2 Å². The Morgan fingerprint density at radius 3 is 2.60 bits per heavy atom. The Morgan fingerprint density at radius 1 is 1.13 bits per heavy atom. The SMILES string of the molecule is CCS(=O)(=O)c1cccc(C(=O)N(CCCN(C)C)c2nc3ccc(Br)cc3s2)c1. The van der Waals surface area contributed by atoms with Crippen LogP contribution < -0.4 is 4.90 Å². The summed E-state index contributed by atoms with van der Waals surface area (Å²) in [5.41, 5.74) is 1.17. The first-order valence-corrected chi connectivity index (χ1v) is 12.8. The van der Waals surface area contributed by atoms with Gasteiger partial charge in [-0.1, -0.05) is 40.3 Å². The van der Waals surface area contributed by atoms with E-state index in [1.54, 1.807) is 24.0 Å². The highest BCUT2D eigenvalue weighted by atomic mass is 79.9. The van der Waals surface area contributed by atoms with Crippen LogP contribution in [-0.4, -0.2) is 57.1 Å². The van der Waals surface area contributed by atoms with E-state index in [0.717, 1.165) is 27.7 Å². The number of rotatable bonds is 8. The highest BCUT2D eigenvalue weighted by Gasteiger charge is 2.23. The molecule has 3 aromatic rings. The third-order valence-electron chi connectivity index (χ3n) is 4.62. The number of carbonyl (C=O) groups is 1. The highest BCUT2D eigenvalue weighted by molar-refractivity contribution is 9.10. The number of benzene rings is 2. The Balaban J connectivity index is 1.99. The number of aromatic nitrogens is 1. The van der Waals surface area contributed by atoms with Gasteiger partial charge in [0.15, 0.2) is 15.0 Å². The van der Waals surface area contributed by atoms with Crippen molar-refractivity contribution in [3.63, 3.8) is 0 Å². The minimum Gasteiger partial charge on any atom is -0.309 e. The van der Waals surface area contributed by atoms with Crippen molar-refractivity contribution in [1.29, 1.82) is 0 Å². The largest absolute Gasteiger partial charge is 0.309 e. The van der Waals surface area contributed by atoms with E-state index in [4.69, 9.17) is 0 Å². The molecule has 0 aliphatic rings. The topological polar surface area (TPSA) is 70.6 Å². The lowest BCUT2D eigenvalue weighted by Crippen LogP contribution is -2.33. The number of hydrogen-bond acceptors (Lipinski definition) is 6. The standard InChI is InChI=1S/C21H24BrN3O3S2/c1-4-30(27,28)17-8-5-7-15(13-17)20(26)25(12-6-11-24(2)3)21-23-18-10-9-16(22)14-19(18)29-21/h5,7-10,13-14H,4,6,11-12H2,1-3H3. The quantitative estimate of drug-likeness (QED) is 0.448. The van der Waals surface area contributed by atoms with Crippen molar-refractivity contribution < 1.29 is 13.2 Å². The smallest absolute Gasteiger partial charge is 0.260 e. The maximum Gasteiger partial charge on any atom is 0.260 e. The van der Waals surface area contributed by atoms with E-state index in [2.05, 4.69) is 25.8 Å². The molecule has 9 heteroatoms. The highest BCUT2D eigenvalue weighted by Crippen LogP contribution is 2.32. The van der Waals surface area contributed by atoms with Crippen molar-refractivity contribution in [3.8, 4) is 0 Å². The van der Waals surface area contributed by atoms with Crippen molar-refractivity contribution in [1.82, 2.24) is 9.88 Å². The first kappa shape index (κ1) is 22.9. The number of sulfone groups is 1. The fraction of sp³-hybridized carbons (Fsp3) is 0.333. The molecule has 160 valence electrons. The summed E-state index contributed by atoms with van der Waals surface area (Å²) in [6.07, 6.45) is 0.769. The first-order chi connectivity index (χ1) is 14.2. The summed E-state index contributed by atoms with van der Waals surface area (Å²) < 4.78 is 26.5. The van der Waals surface area contributed by atoms with Crippen LogP contribution >= 0.6 is 27.3 Å². The Bertz CT molecular complexity index is 1160. The van der Waals surface area contributed by atoms with E-state index in [1.165, 1.54) is 23.5 Å². The fourth-order valence-electron chi connectivity index (χ4n) is 2.98. The number of hydrogen-bond donors (Lipinski definition) is 0. The molecule has 0 radical (unpaired) electrons. The molecular weight excluding hydrogens is 486 g/mol. The zero-order valence-corrected chi connectivity index (χ0v) is 20.3. The minimum absolute atomic E-state index is 0.00998. The van der Waals surface area contributed by atoms with Gasteiger partial charge >= 0.3 is 0 Å². The molecule has 1 heterocycles. The summed E-state index contributed by atoms with van der Waals surface area (Å²) in [7, 11) is 0.579. The summed E-state index contributed by atoms with van der Waals surface area (Å²) >= 11 is 4.92. The van der Waals surface area contributed by atoms with Crippen molar-refractivity contribution in [2.75, 3.05) is 37.8 Å². The van der Waals surface area contributed by atoms with Gasteiger partial charge in [-0.2, -0.15) is 0 Å². The minimum atomic E-state index is -3.39. The second-order valence-electron chi connectivity index (χ2n) is 7.15. The average Bonchev–Trinajstić information content (AvgIpc) is 3.13. The van der Waals surface area contributed by atoms with Crippen molar-refractivity contribution in [3.05, 3.63) is 52.5 Å². The zero-order valence-electron chi connectivity index (χ0n) is 17.1. The molecule has 30 heavy (non-hydrogen) atoms. The van der Waals surface area contributed by atoms with Crippen LogP contribution in [0.15, 0.2) is 51.8 Å².